The fourth-order valence-electron chi connectivity index (χ4n) is 2.39. The van der Waals surface area contributed by atoms with E-state index in [9.17, 15) is 13.2 Å². The Morgan fingerprint density at radius 1 is 1.42 bits per heavy atom. The van der Waals surface area contributed by atoms with Crippen molar-refractivity contribution in [3.05, 3.63) is 22.5 Å². The number of carbonyl (C=O) groups excluding carboxylic acids is 1. The molecule has 130 valence electrons. The van der Waals surface area contributed by atoms with Gasteiger partial charge in [0.15, 0.2) is 0 Å². The number of amides is 1. The van der Waals surface area contributed by atoms with Crippen LogP contribution in [0.1, 0.15) is 22.5 Å². The van der Waals surface area contributed by atoms with Crippen LogP contribution in [-0.2, 0) is 10.0 Å². The van der Waals surface area contributed by atoms with E-state index in [-0.39, 0.29) is 15.7 Å². The lowest BCUT2D eigenvalue weighted by atomic mass is 10.4. The van der Waals surface area contributed by atoms with Crippen molar-refractivity contribution in [3.63, 3.8) is 0 Å². The van der Waals surface area contributed by atoms with E-state index in [1.165, 1.54) is 22.1 Å². The van der Waals surface area contributed by atoms with Crippen LogP contribution in [0.25, 0.3) is 0 Å². The lowest BCUT2D eigenvalue weighted by Gasteiger charge is -2.15. The van der Waals surface area contributed by atoms with E-state index in [2.05, 4.69) is 20.7 Å². The maximum Gasteiger partial charge on any atom is 0.262 e. The quantitative estimate of drug-likeness (QED) is 0.545. The Hall–Kier alpha value is -1.43. The van der Waals surface area contributed by atoms with E-state index in [1.54, 1.807) is 11.6 Å². The number of hydrogen-bond donors (Lipinski definition) is 2. The predicted octanol–water partition coefficient (Wildman–Crippen LogP) is 1.17. The lowest BCUT2D eigenvalue weighted by molar-refractivity contribution is 0.0957. The second kappa shape index (κ2) is 7.64. The van der Waals surface area contributed by atoms with Gasteiger partial charge in [-0.25, -0.2) is 8.42 Å². The van der Waals surface area contributed by atoms with Gasteiger partial charge in [0, 0.05) is 25.4 Å². The molecule has 8 nitrogen and oxygen atoms in total. The topological polar surface area (TPSA) is 108 Å². The molecule has 3 rings (SSSR count). The second-order valence-electron chi connectivity index (χ2n) is 5.14. The molecule has 24 heavy (non-hydrogen) atoms. The molecule has 0 aliphatic carbocycles. The first-order chi connectivity index (χ1) is 11.6. The molecule has 0 unspecified atom stereocenters. The first-order valence-corrected chi connectivity index (χ1v) is 10.7. The van der Waals surface area contributed by atoms with Crippen molar-refractivity contribution < 1.29 is 13.2 Å². The van der Waals surface area contributed by atoms with Gasteiger partial charge >= 0.3 is 0 Å². The minimum atomic E-state index is -3.58. The molecule has 1 amide bonds. The number of hydrogen-bond acceptors (Lipinski definition) is 7. The van der Waals surface area contributed by atoms with Gasteiger partial charge in [-0.15, -0.1) is 28.2 Å². The zero-order valence-corrected chi connectivity index (χ0v) is 15.2. The Kier molecular flexibility index (Phi) is 5.54. The van der Waals surface area contributed by atoms with Gasteiger partial charge in [-0.3, -0.25) is 4.79 Å². The van der Waals surface area contributed by atoms with Crippen LogP contribution in [0.15, 0.2) is 27.6 Å². The molecule has 0 radical (unpaired) electrons. The third-order valence-corrected chi connectivity index (χ3v) is 7.43. The summed E-state index contributed by atoms with van der Waals surface area (Å²) in [7, 11) is -3.58. The number of thiophene rings is 1. The van der Waals surface area contributed by atoms with Gasteiger partial charge in [-0.1, -0.05) is 0 Å². The second-order valence-corrected chi connectivity index (χ2v) is 9.08. The van der Waals surface area contributed by atoms with E-state index >= 15 is 0 Å². The number of sulfonamides is 1. The van der Waals surface area contributed by atoms with Crippen molar-refractivity contribution in [1.29, 1.82) is 0 Å². The first-order valence-electron chi connectivity index (χ1n) is 7.43. The normalized spacial score (nSPS) is 15.7. The summed E-state index contributed by atoms with van der Waals surface area (Å²) < 4.78 is 26.7. The molecule has 0 saturated carbocycles. The standard InChI is InChI=1S/C13H17N5O3S3/c19-13(14-4-8-22-11-9-15-17-16-11)12-10(3-7-23-12)24(20,21)18-5-1-2-6-18/h3,7,9H,1-2,4-6,8H2,(H,14,19)(H,15,16,17). The van der Waals surface area contributed by atoms with Crippen molar-refractivity contribution in [2.75, 3.05) is 25.4 Å². The van der Waals surface area contributed by atoms with E-state index in [0.29, 0.717) is 25.4 Å². The third-order valence-electron chi connectivity index (χ3n) is 3.55. The zero-order chi connectivity index (χ0) is 17.0. The Bertz CT molecular complexity index is 782. The molecule has 1 saturated heterocycles. The molecule has 2 aromatic heterocycles. The van der Waals surface area contributed by atoms with Crippen molar-refractivity contribution in [2.45, 2.75) is 22.8 Å². The maximum absolute atomic E-state index is 12.6. The van der Waals surface area contributed by atoms with Gasteiger partial charge in [0.05, 0.1) is 6.20 Å². The average Bonchev–Trinajstić information content (AvgIpc) is 3.33. The summed E-state index contributed by atoms with van der Waals surface area (Å²) in [5.41, 5.74) is 0. The molecule has 0 spiro atoms. The highest BCUT2D eigenvalue weighted by Gasteiger charge is 2.31. The number of carbonyl (C=O) groups is 1. The van der Waals surface area contributed by atoms with Crippen LogP contribution in [-0.4, -0.2) is 59.4 Å². The summed E-state index contributed by atoms with van der Waals surface area (Å²) in [4.78, 5) is 12.7. The number of thioether (sulfide) groups is 1. The Morgan fingerprint density at radius 2 is 2.21 bits per heavy atom. The zero-order valence-electron chi connectivity index (χ0n) is 12.8. The smallest absolute Gasteiger partial charge is 0.262 e. The summed E-state index contributed by atoms with van der Waals surface area (Å²) in [5.74, 6) is 0.265. The van der Waals surface area contributed by atoms with E-state index < -0.39 is 10.0 Å². The van der Waals surface area contributed by atoms with Gasteiger partial charge in [0.2, 0.25) is 10.0 Å². The van der Waals surface area contributed by atoms with Gasteiger partial charge < -0.3 is 5.32 Å². The number of nitrogens with one attached hydrogen (secondary N) is 2. The van der Waals surface area contributed by atoms with Crippen LogP contribution in [0.3, 0.4) is 0 Å². The van der Waals surface area contributed by atoms with Crippen molar-refractivity contribution >= 4 is 39.0 Å². The summed E-state index contributed by atoms with van der Waals surface area (Å²) in [6.45, 7) is 1.46. The summed E-state index contributed by atoms with van der Waals surface area (Å²) >= 11 is 2.60. The van der Waals surface area contributed by atoms with Gasteiger partial charge in [-0.05, 0) is 24.3 Å². The molecule has 2 aromatic rings. The van der Waals surface area contributed by atoms with Crippen molar-refractivity contribution in [2.24, 2.45) is 0 Å². The van der Waals surface area contributed by atoms with Gasteiger partial charge in [0.25, 0.3) is 5.91 Å². The molecule has 0 aromatic carbocycles. The molecule has 0 atom stereocenters. The monoisotopic (exact) mass is 387 g/mol. The number of nitrogens with zero attached hydrogens (tertiary/aromatic N) is 3. The SMILES string of the molecule is O=C(NCCSc1cn[nH]n1)c1sccc1S(=O)(=O)N1CCCC1. The van der Waals surface area contributed by atoms with Crippen LogP contribution in [0.2, 0.25) is 0 Å². The average molecular weight is 388 g/mol. The van der Waals surface area contributed by atoms with Crippen LogP contribution in [0.5, 0.6) is 0 Å². The van der Waals surface area contributed by atoms with E-state index in [4.69, 9.17) is 0 Å². The molecule has 3 heterocycles. The molecule has 0 bridgehead atoms. The summed E-state index contributed by atoms with van der Waals surface area (Å²) in [5, 5.41) is 15.3. The highest BCUT2D eigenvalue weighted by atomic mass is 32.2. The van der Waals surface area contributed by atoms with E-state index in [0.717, 1.165) is 29.2 Å². The lowest BCUT2D eigenvalue weighted by Crippen LogP contribution is -2.31. The Labute approximate surface area is 148 Å². The maximum atomic E-state index is 12.6. The minimum absolute atomic E-state index is 0.107. The predicted molar refractivity (Wildman–Crippen MR) is 91.8 cm³/mol. The number of rotatable bonds is 7. The fourth-order valence-corrected chi connectivity index (χ4v) is 5.87. The molecule has 1 aliphatic heterocycles. The highest BCUT2D eigenvalue weighted by Crippen LogP contribution is 2.27. The molecule has 1 aliphatic rings. The summed E-state index contributed by atoms with van der Waals surface area (Å²) in [6.07, 6.45) is 3.33. The van der Waals surface area contributed by atoms with Crippen molar-refractivity contribution in [1.82, 2.24) is 25.0 Å². The van der Waals surface area contributed by atoms with Crippen molar-refractivity contribution in [3.8, 4) is 0 Å². The number of aromatic nitrogens is 3. The number of aromatic amines is 1. The summed E-state index contributed by atoms with van der Waals surface area (Å²) in [6, 6.07) is 1.51. The highest BCUT2D eigenvalue weighted by molar-refractivity contribution is 7.99. The molecule has 2 N–H and O–H groups in total. The minimum Gasteiger partial charge on any atom is -0.350 e. The fraction of sp³-hybridized carbons (Fsp3) is 0.462. The Balaban J connectivity index is 1.60. The van der Waals surface area contributed by atoms with Crippen LogP contribution in [0.4, 0.5) is 0 Å². The first kappa shape index (κ1) is 17.4. The molecule has 1 fully saturated rings. The van der Waals surface area contributed by atoms with Crippen LogP contribution < -0.4 is 5.32 Å². The van der Waals surface area contributed by atoms with Gasteiger partial charge in [-0.2, -0.15) is 14.6 Å². The largest absolute Gasteiger partial charge is 0.350 e. The van der Waals surface area contributed by atoms with Crippen LogP contribution in [0, 0.1) is 0 Å². The van der Waals surface area contributed by atoms with E-state index in [1.807, 2.05) is 0 Å². The number of H-pyrrole nitrogens is 1. The Morgan fingerprint density at radius 3 is 2.92 bits per heavy atom. The molecule has 11 heteroatoms. The van der Waals surface area contributed by atoms with Crippen LogP contribution >= 0.6 is 23.1 Å². The van der Waals surface area contributed by atoms with Gasteiger partial charge in [0.1, 0.15) is 14.8 Å². The molecular formula is C13H17N5O3S3. The third kappa shape index (κ3) is 3.79. The molecular weight excluding hydrogens is 370 g/mol.